The molecule has 0 saturated heterocycles. The van der Waals surface area contributed by atoms with Crippen molar-refractivity contribution in [2.75, 3.05) is 6.61 Å². The highest BCUT2D eigenvalue weighted by molar-refractivity contribution is 5.69. The van der Waals surface area contributed by atoms with E-state index in [1.165, 1.54) is 57.8 Å². The highest BCUT2D eigenvalue weighted by atomic mass is 16.5. The molecule has 0 bridgehead atoms. The summed E-state index contributed by atoms with van der Waals surface area (Å²) in [5.41, 5.74) is 2.72. The summed E-state index contributed by atoms with van der Waals surface area (Å²) < 4.78 is 5.21. The molecule has 4 aliphatic rings. The molecule has 2 heteroatoms. The van der Waals surface area contributed by atoms with Gasteiger partial charge >= 0.3 is 5.97 Å². The lowest BCUT2D eigenvalue weighted by Crippen LogP contribution is -2.53. The molecule has 8 unspecified atom stereocenters. The quantitative estimate of drug-likeness (QED) is 0.284. The van der Waals surface area contributed by atoms with E-state index < -0.39 is 0 Å². The Morgan fingerprint density at radius 1 is 1.00 bits per heavy atom. The second kappa shape index (κ2) is 11.5. The highest BCUT2D eigenvalue weighted by Gasteiger charge is 2.60. The van der Waals surface area contributed by atoms with Crippen LogP contribution in [0.15, 0.2) is 11.6 Å². The molecule has 0 aromatic carbocycles. The van der Waals surface area contributed by atoms with Crippen molar-refractivity contribution in [1.29, 1.82) is 0 Å². The number of ether oxygens (including phenoxy) is 1. The maximum atomic E-state index is 11.9. The topological polar surface area (TPSA) is 26.3 Å². The van der Waals surface area contributed by atoms with E-state index in [1.54, 1.807) is 5.57 Å². The smallest absolute Gasteiger partial charge is 0.305 e. The molecular formula is C32H56O2. The van der Waals surface area contributed by atoms with Crippen LogP contribution in [-0.2, 0) is 9.53 Å². The maximum Gasteiger partial charge on any atom is 0.305 e. The van der Waals surface area contributed by atoms with Crippen LogP contribution in [0.1, 0.15) is 126 Å². The van der Waals surface area contributed by atoms with Crippen molar-refractivity contribution in [2.45, 2.75) is 126 Å². The minimum absolute atomic E-state index is 0.00207. The molecular weight excluding hydrogens is 416 g/mol. The lowest BCUT2D eigenvalue weighted by molar-refractivity contribution is -0.143. The first-order valence-corrected chi connectivity index (χ1v) is 15.0. The first-order chi connectivity index (χ1) is 16.2. The molecule has 4 fully saturated rings. The first-order valence-electron chi connectivity index (χ1n) is 15.0. The summed E-state index contributed by atoms with van der Waals surface area (Å²) in [6, 6.07) is 0. The van der Waals surface area contributed by atoms with Gasteiger partial charge in [0.1, 0.15) is 0 Å². The van der Waals surface area contributed by atoms with E-state index >= 15 is 0 Å². The molecule has 9 atom stereocenters. The third-order valence-electron chi connectivity index (χ3n) is 11.6. The van der Waals surface area contributed by atoms with Crippen molar-refractivity contribution in [3.05, 3.63) is 11.6 Å². The zero-order valence-corrected chi connectivity index (χ0v) is 23.9. The van der Waals surface area contributed by atoms with Gasteiger partial charge in [-0.05, 0) is 137 Å². The van der Waals surface area contributed by atoms with Crippen LogP contribution in [0, 0.1) is 52.3 Å². The molecule has 0 radical (unpaired) electrons. The summed E-state index contributed by atoms with van der Waals surface area (Å²) in [5.74, 6) is 6.05. The van der Waals surface area contributed by atoms with Crippen molar-refractivity contribution in [2.24, 2.45) is 52.3 Å². The van der Waals surface area contributed by atoms with Crippen LogP contribution in [0.25, 0.3) is 0 Å². The fourth-order valence-corrected chi connectivity index (χ4v) is 9.66. The lowest BCUT2D eigenvalue weighted by atomic mass is 9.43. The van der Waals surface area contributed by atoms with E-state index in [0.29, 0.717) is 29.8 Å². The first kappa shape index (κ1) is 27.8. The molecule has 4 aliphatic carbocycles. The Morgan fingerprint density at radius 2 is 1.68 bits per heavy atom. The van der Waals surface area contributed by atoms with Crippen LogP contribution in [0.2, 0.25) is 0 Å². The van der Waals surface area contributed by atoms with Crippen LogP contribution in [-0.4, -0.2) is 12.6 Å². The number of fused-ring (bicyclic) bond motifs is 5. The van der Waals surface area contributed by atoms with Crippen LogP contribution < -0.4 is 0 Å². The van der Waals surface area contributed by atoms with E-state index in [2.05, 4.69) is 40.7 Å². The van der Waals surface area contributed by atoms with Crippen LogP contribution in [0.3, 0.4) is 0 Å². The Bertz CT molecular complexity index is 710. The Labute approximate surface area is 212 Å². The predicted octanol–water partition coefficient (Wildman–Crippen LogP) is 9.23. The average Bonchev–Trinajstić information content (AvgIpc) is 3.20. The van der Waals surface area contributed by atoms with Gasteiger partial charge in [-0.3, -0.25) is 4.79 Å². The molecule has 0 aromatic heterocycles. The van der Waals surface area contributed by atoms with Crippen molar-refractivity contribution >= 4 is 5.97 Å². The molecule has 4 saturated carbocycles. The van der Waals surface area contributed by atoms with Gasteiger partial charge < -0.3 is 4.74 Å². The summed E-state index contributed by atoms with van der Waals surface area (Å²) in [6.07, 6.45) is 17.0. The number of hydrogen-bond acceptors (Lipinski definition) is 2. The monoisotopic (exact) mass is 472 g/mol. The second-order valence-corrected chi connectivity index (χ2v) is 12.7. The van der Waals surface area contributed by atoms with Crippen LogP contribution >= 0.6 is 0 Å². The van der Waals surface area contributed by atoms with Gasteiger partial charge in [0, 0.05) is 6.42 Å². The van der Waals surface area contributed by atoms with E-state index in [4.69, 9.17) is 4.74 Å². The third-order valence-corrected chi connectivity index (χ3v) is 11.6. The molecule has 196 valence electrons. The zero-order chi connectivity index (χ0) is 25.1. The molecule has 0 amide bonds. The molecule has 2 nitrogen and oxygen atoms in total. The van der Waals surface area contributed by atoms with Gasteiger partial charge in [-0.15, -0.1) is 0 Å². The number of carbonyl (C=O) groups is 1. The minimum Gasteiger partial charge on any atom is -0.466 e. The van der Waals surface area contributed by atoms with Crippen molar-refractivity contribution < 1.29 is 9.53 Å². The zero-order valence-electron chi connectivity index (χ0n) is 23.9. The predicted molar refractivity (Wildman–Crippen MR) is 145 cm³/mol. The molecule has 0 N–H and O–H groups in total. The van der Waals surface area contributed by atoms with E-state index in [-0.39, 0.29) is 5.97 Å². The SMILES string of the molecule is C/C=C(/C)C1CCC2(C)C(CCC3C2CCC2(C)C3CCC2[C@H](C)CCC(=O)OCC)C1.CC. The van der Waals surface area contributed by atoms with Gasteiger partial charge in [-0.25, -0.2) is 0 Å². The summed E-state index contributed by atoms with van der Waals surface area (Å²) in [6.45, 7) is 18.8. The summed E-state index contributed by atoms with van der Waals surface area (Å²) in [5, 5.41) is 0. The van der Waals surface area contributed by atoms with Gasteiger partial charge in [-0.1, -0.05) is 46.3 Å². The number of allylic oxidation sites excluding steroid dienone is 2. The Morgan fingerprint density at radius 3 is 2.35 bits per heavy atom. The van der Waals surface area contributed by atoms with Gasteiger partial charge in [0.25, 0.3) is 0 Å². The largest absolute Gasteiger partial charge is 0.466 e. The third kappa shape index (κ3) is 5.04. The minimum atomic E-state index is -0.00207. The molecule has 0 aliphatic heterocycles. The molecule has 34 heavy (non-hydrogen) atoms. The Balaban J connectivity index is 0.00000158. The van der Waals surface area contributed by atoms with E-state index in [1.807, 2.05) is 20.8 Å². The molecule has 0 spiro atoms. The van der Waals surface area contributed by atoms with Crippen molar-refractivity contribution in [1.82, 2.24) is 0 Å². The number of carbonyl (C=O) groups excluding carboxylic acids is 1. The molecule has 0 heterocycles. The normalized spacial score (nSPS) is 42.4. The summed E-state index contributed by atoms with van der Waals surface area (Å²) in [7, 11) is 0. The number of hydrogen-bond donors (Lipinski definition) is 0. The van der Waals surface area contributed by atoms with Crippen LogP contribution in [0.4, 0.5) is 0 Å². The van der Waals surface area contributed by atoms with Crippen molar-refractivity contribution in [3.8, 4) is 0 Å². The van der Waals surface area contributed by atoms with E-state index in [9.17, 15) is 4.79 Å². The maximum absolute atomic E-state index is 11.9. The Hall–Kier alpha value is -0.790. The van der Waals surface area contributed by atoms with Gasteiger partial charge in [0.05, 0.1) is 6.61 Å². The van der Waals surface area contributed by atoms with Gasteiger partial charge in [0.15, 0.2) is 0 Å². The van der Waals surface area contributed by atoms with Gasteiger partial charge in [0.2, 0.25) is 0 Å². The molecule has 0 aromatic rings. The lowest BCUT2D eigenvalue weighted by Gasteiger charge is -2.61. The fourth-order valence-electron chi connectivity index (χ4n) is 9.66. The number of esters is 1. The van der Waals surface area contributed by atoms with Crippen molar-refractivity contribution in [3.63, 3.8) is 0 Å². The van der Waals surface area contributed by atoms with Gasteiger partial charge in [-0.2, -0.15) is 0 Å². The van der Waals surface area contributed by atoms with Crippen LogP contribution in [0.5, 0.6) is 0 Å². The average molecular weight is 473 g/mol. The molecule has 4 rings (SSSR count). The number of rotatable bonds is 6. The standard InChI is InChI=1S/C30H50O2.C2H6/c1-7-20(3)22-15-17-29(5)23(19-22)10-11-24-26-13-12-25(30(26,6)18-16-27(24)29)21(4)9-14-28(31)32-8-2;1-2/h7,21-27H,8-19H2,1-6H3;1-2H3/b20-7-;/t21-,22?,23?,24?,25?,26?,27?,29?,30?;/m1./s1. The summed E-state index contributed by atoms with van der Waals surface area (Å²) in [4.78, 5) is 11.9. The second-order valence-electron chi connectivity index (χ2n) is 12.7. The highest BCUT2D eigenvalue weighted by Crippen LogP contribution is 2.68. The summed E-state index contributed by atoms with van der Waals surface area (Å²) >= 11 is 0. The van der Waals surface area contributed by atoms with E-state index in [0.717, 1.165) is 41.9 Å². The fraction of sp³-hybridized carbons (Fsp3) is 0.906. The Kier molecular flexibility index (Phi) is 9.41.